The van der Waals surface area contributed by atoms with E-state index in [-0.39, 0.29) is 17.2 Å². The van der Waals surface area contributed by atoms with Gasteiger partial charge < -0.3 is 9.64 Å². The lowest BCUT2D eigenvalue weighted by atomic mass is 10.1. The fourth-order valence-electron chi connectivity index (χ4n) is 3.62. The standard InChI is InChI=1S/C24H25ClN4O5/c1-16(23-26-21-15-18(25)8-11-20(21)24(31)27(23)2)28(13-4-14-34-3)22(30)12-7-17-5-9-19(10-6-17)29(32)33/h5-12,15-16H,4,13-14H2,1-3H3/b12-7+. The second-order valence-electron chi connectivity index (χ2n) is 7.73. The van der Waals surface area contributed by atoms with Crippen molar-refractivity contribution >= 4 is 40.2 Å². The molecule has 1 amide bonds. The zero-order valence-electron chi connectivity index (χ0n) is 19.1. The molecule has 0 aliphatic carbocycles. The molecule has 0 saturated carbocycles. The van der Waals surface area contributed by atoms with Crippen molar-refractivity contribution in [2.24, 2.45) is 7.05 Å². The van der Waals surface area contributed by atoms with Crippen LogP contribution in [-0.2, 0) is 16.6 Å². The smallest absolute Gasteiger partial charge is 0.269 e. The van der Waals surface area contributed by atoms with E-state index in [1.807, 2.05) is 6.92 Å². The van der Waals surface area contributed by atoms with Gasteiger partial charge in [0.15, 0.2) is 0 Å². The van der Waals surface area contributed by atoms with Gasteiger partial charge in [0.1, 0.15) is 5.82 Å². The largest absolute Gasteiger partial charge is 0.385 e. The molecule has 34 heavy (non-hydrogen) atoms. The SMILES string of the molecule is COCCCN(C(=O)/C=C/c1ccc([N+](=O)[O-])cc1)C(C)c1nc2cc(Cl)ccc2c(=O)n1C. The second kappa shape index (κ2) is 11.0. The number of carbonyl (C=O) groups excluding carboxylic acids is 1. The lowest BCUT2D eigenvalue weighted by Crippen LogP contribution is -2.37. The summed E-state index contributed by atoms with van der Waals surface area (Å²) in [5, 5.41) is 11.7. The monoisotopic (exact) mass is 484 g/mol. The Kier molecular flexibility index (Phi) is 8.14. The van der Waals surface area contributed by atoms with Crippen LogP contribution in [0.15, 0.2) is 53.3 Å². The molecule has 0 N–H and O–H groups in total. The molecular weight excluding hydrogens is 460 g/mol. The van der Waals surface area contributed by atoms with Gasteiger partial charge in [-0.05, 0) is 55.3 Å². The summed E-state index contributed by atoms with van der Waals surface area (Å²) in [5.41, 5.74) is 0.855. The summed E-state index contributed by atoms with van der Waals surface area (Å²) in [6.07, 6.45) is 3.58. The molecule has 0 bridgehead atoms. The predicted molar refractivity (Wildman–Crippen MR) is 131 cm³/mol. The van der Waals surface area contributed by atoms with E-state index < -0.39 is 11.0 Å². The molecule has 1 atom stereocenters. The maximum Gasteiger partial charge on any atom is 0.269 e. The number of nitrogens with zero attached hydrogens (tertiary/aromatic N) is 4. The Morgan fingerprint density at radius 3 is 2.65 bits per heavy atom. The van der Waals surface area contributed by atoms with Crippen LogP contribution in [0.3, 0.4) is 0 Å². The summed E-state index contributed by atoms with van der Waals surface area (Å²) in [6, 6.07) is 10.3. The Labute approximate surface area is 201 Å². The van der Waals surface area contributed by atoms with Gasteiger partial charge in [0.2, 0.25) is 5.91 Å². The molecule has 0 radical (unpaired) electrons. The van der Waals surface area contributed by atoms with Crippen LogP contribution in [0.2, 0.25) is 5.02 Å². The van der Waals surface area contributed by atoms with Crippen molar-refractivity contribution in [1.82, 2.24) is 14.5 Å². The van der Waals surface area contributed by atoms with Crippen LogP contribution in [-0.4, -0.2) is 45.5 Å². The van der Waals surface area contributed by atoms with Crippen LogP contribution < -0.4 is 5.56 Å². The van der Waals surface area contributed by atoms with Crippen molar-refractivity contribution in [1.29, 1.82) is 0 Å². The first-order valence-corrected chi connectivity index (χ1v) is 11.0. The Hall–Kier alpha value is -3.56. The van der Waals surface area contributed by atoms with Crippen LogP contribution >= 0.6 is 11.6 Å². The first-order chi connectivity index (χ1) is 16.2. The fraction of sp³-hybridized carbons (Fsp3) is 0.292. The van der Waals surface area contributed by atoms with E-state index in [2.05, 4.69) is 4.98 Å². The third kappa shape index (κ3) is 5.67. The predicted octanol–water partition coefficient (Wildman–Crippen LogP) is 4.13. The number of hydrogen-bond acceptors (Lipinski definition) is 6. The minimum Gasteiger partial charge on any atom is -0.385 e. The van der Waals surface area contributed by atoms with Crippen LogP contribution in [0.25, 0.3) is 17.0 Å². The number of halogens is 1. The van der Waals surface area contributed by atoms with Crippen molar-refractivity contribution in [3.63, 3.8) is 0 Å². The average molecular weight is 485 g/mol. The van der Waals surface area contributed by atoms with Gasteiger partial charge in [0.05, 0.1) is 21.9 Å². The van der Waals surface area contributed by atoms with Crippen molar-refractivity contribution in [2.45, 2.75) is 19.4 Å². The summed E-state index contributed by atoms with van der Waals surface area (Å²) in [7, 11) is 3.21. The molecule has 1 aromatic heterocycles. The van der Waals surface area contributed by atoms with Gasteiger partial charge in [-0.3, -0.25) is 24.3 Å². The van der Waals surface area contributed by atoms with Gasteiger partial charge in [0.25, 0.3) is 11.2 Å². The Balaban J connectivity index is 1.93. The zero-order chi connectivity index (χ0) is 24.8. The molecule has 0 spiro atoms. The van der Waals surface area contributed by atoms with E-state index in [1.54, 1.807) is 55.5 Å². The van der Waals surface area contributed by atoms with E-state index in [0.717, 1.165) is 0 Å². The highest BCUT2D eigenvalue weighted by molar-refractivity contribution is 6.31. The van der Waals surface area contributed by atoms with Crippen LogP contribution in [0, 0.1) is 10.1 Å². The Morgan fingerprint density at radius 1 is 1.29 bits per heavy atom. The lowest BCUT2D eigenvalue weighted by molar-refractivity contribution is -0.384. The number of non-ortho nitro benzene ring substituents is 1. The molecule has 1 unspecified atom stereocenters. The van der Waals surface area contributed by atoms with Crippen molar-refractivity contribution in [3.8, 4) is 0 Å². The molecule has 0 aliphatic heterocycles. The molecular formula is C24H25ClN4O5. The average Bonchev–Trinajstić information content (AvgIpc) is 2.82. The maximum absolute atomic E-state index is 13.2. The van der Waals surface area contributed by atoms with Gasteiger partial charge in [-0.15, -0.1) is 0 Å². The normalized spacial score (nSPS) is 12.2. The Bertz CT molecular complexity index is 1290. The summed E-state index contributed by atoms with van der Waals surface area (Å²) in [5.74, 6) is 0.136. The van der Waals surface area contributed by atoms with Gasteiger partial charge in [-0.25, -0.2) is 4.98 Å². The van der Waals surface area contributed by atoms with Crippen molar-refractivity contribution in [3.05, 3.63) is 85.4 Å². The first-order valence-electron chi connectivity index (χ1n) is 10.6. The highest BCUT2D eigenvalue weighted by atomic mass is 35.5. The molecule has 3 rings (SSSR count). The number of aromatic nitrogens is 2. The summed E-state index contributed by atoms with van der Waals surface area (Å²) in [6.45, 7) is 2.65. The quantitative estimate of drug-likeness (QED) is 0.195. The summed E-state index contributed by atoms with van der Waals surface area (Å²) >= 11 is 6.09. The van der Waals surface area contributed by atoms with E-state index in [9.17, 15) is 19.7 Å². The van der Waals surface area contributed by atoms with Gasteiger partial charge in [-0.2, -0.15) is 0 Å². The van der Waals surface area contributed by atoms with Gasteiger partial charge in [-0.1, -0.05) is 11.6 Å². The molecule has 10 heteroatoms. The molecule has 0 aliphatic rings. The molecule has 9 nitrogen and oxygen atoms in total. The second-order valence-corrected chi connectivity index (χ2v) is 8.17. The van der Waals surface area contributed by atoms with Crippen LogP contribution in [0.5, 0.6) is 0 Å². The van der Waals surface area contributed by atoms with E-state index in [4.69, 9.17) is 16.3 Å². The number of carbonyl (C=O) groups is 1. The van der Waals surface area contributed by atoms with E-state index >= 15 is 0 Å². The number of nitro benzene ring substituents is 1. The number of fused-ring (bicyclic) bond motifs is 1. The van der Waals surface area contributed by atoms with Gasteiger partial charge >= 0.3 is 0 Å². The molecule has 178 valence electrons. The zero-order valence-corrected chi connectivity index (χ0v) is 19.9. The highest BCUT2D eigenvalue weighted by Gasteiger charge is 2.24. The van der Waals surface area contributed by atoms with Crippen LogP contribution in [0.4, 0.5) is 5.69 Å². The third-order valence-electron chi connectivity index (χ3n) is 5.47. The summed E-state index contributed by atoms with van der Waals surface area (Å²) < 4.78 is 6.58. The highest BCUT2D eigenvalue weighted by Crippen LogP contribution is 2.22. The van der Waals surface area contributed by atoms with Crippen molar-refractivity contribution in [2.75, 3.05) is 20.3 Å². The van der Waals surface area contributed by atoms with E-state index in [1.165, 1.54) is 22.8 Å². The number of amides is 1. The minimum absolute atomic E-state index is 0.0262. The fourth-order valence-corrected chi connectivity index (χ4v) is 3.79. The number of rotatable bonds is 9. The molecule has 2 aromatic carbocycles. The molecule has 0 fully saturated rings. The van der Waals surface area contributed by atoms with Gasteiger partial charge in [0, 0.05) is 50.5 Å². The van der Waals surface area contributed by atoms with Crippen LogP contribution in [0.1, 0.15) is 30.8 Å². The number of ether oxygens (including phenoxy) is 1. The molecule has 3 aromatic rings. The number of benzene rings is 2. The Morgan fingerprint density at radius 2 is 2.00 bits per heavy atom. The lowest BCUT2D eigenvalue weighted by Gasteiger charge is -2.29. The molecule has 1 heterocycles. The van der Waals surface area contributed by atoms with Crippen molar-refractivity contribution < 1.29 is 14.5 Å². The molecule has 0 saturated heterocycles. The first kappa shape index (κ1) is 25.1. The van der Waals surface area contributed by atoms with E-state index in [0.29, 0.717) is 46.9 Å². The minimum atomic E-state index is -0.521. The maximum atomic E-state index is 13.2. The number of methoxy groups -OCH3 is 1. The third-order valence-corrected chi connectivity index (χ3v) is 5.70. The topological polar surface area (TPSA) is 108 Å². The number of hydrogen-bond donors (Lipinski definition) is 0. The number of nitro groups is 1. The summed E-state index contributed by atoms with van der Waals surface area (Å²) in [4.78, 5) is 42.7.